The molecule has 0 fully saturated rings. The summed E-state index contributed by atoms with van der Waals surface area (Å²) < 4.78 is 1.31. The first-order chi connectivity index (χ1) is 9.50. The van der Waals surface area contributed by atoms with Gasteiger partial charge in [0.25, 0.3) is 11.5 Å². The van der Waals surface area contributed by atoms with Crippen molar-refractivity contribution in [2.45, 2.75) is 20.0 Å². The fourth-order valence-electron chi connectivity index (χ4n) is 1.71. The Kier molecular flexibility index (Phi) is 4.14. The summed E-state index contributed by atoms with van der Waals surface area (Å²) in [7, 11) is 0. The molecule has 0 aliphatic carbocycles. The molecule has 0 aromatic carbocycles. The molecule has 2 heterocycles. The molecule has 0 radical (unpaired) electrons. The number of hydrogen-bond acceptors (Lipinski definition) is 4. The molecule has 0 spiro atoms. The molecule has 2 N–H and O–H groups in total. The SMILES string of the molecule is CC(C)C(O)CNC(=O)c1cnc2ccccn2c1=O. The van der Waals surface area contributed by atoms with Crippen LogP contribution in [0.4, 0.5) is 0 Å². The highest BCUT2D eigenvalue weighted by atomic mass is 16.3. The van der Waals surface area contributed by atoms with Gasteiger partial charge >= 0.3 is 0 Å². The minimum atomic E-state index is -0.643. The standard InChI is InChI=1S/C14H17N3O3/c1-9(2)11(18)8-16-13(19)10-7-15-12-5-3-4-6-17(12)14(10)20/h3-7,9,11,18H,8H2,1-2H3,(H,16,19). The molecule has 0 saturated carbocycles. The van der Waals surface area contributed by atoms with Crippen molar-refractivity contribution in [3.63, 3.8) is 0 Å². The van der Waals surface area contributed by atoms with Crippen LogP contribution in [-0.2, 0) is 0 Å². The Hall–Kier alpha value is -2.21. The van der Waals surface area contributed by atoms with Crippen LogP contribution < -0.4 is 10.9 Å². The number of carbonyl (C=O) groups is 1. The van der Waals surface area contributed by atoms with Crippen molar-refractivity contribution in [1.29, 1.82) is 0 Å². The van der Waals surface area contributed by atoms with Gasteiger partial charge in [-0.1, -0.05) is 19.9 Å². The van der Waals surface area contributed by atoms with Gasteiger partial charge in [0.15, 0.2) is 0 Å². The molecule has 6 nitrogen and oxygen atoms in total. The third-order valence-electron chi connectivity index (χ3n) is 3.10. The van der Waals surface area contributed by atoms with Gasteiger partial charge in [0, 0.05) is 18.9 Å². The van der Waals surface area contributed by atoms with E-state index in [1.807, 2.05) is 13.8 Å². The van der Waals surface area contributed by atoms with Crippen molar-refractivity contribution < 1.29 is 9.90 Å². The number of aromatic nitrogens is 2. The lowest BCUT2D eigenvalue weighted by molar-refractivity contribution is 0.0869. The van der Waals surface area contributed by atoms with Crippen LogP contribution in [0.1, 0.15) is 24.2 Å². The number of fused-ring (bicyclic) bond motifs is 1. The summed E-state index contributed by atoms with van der Waals surface area (Å²) in [5.41, 5.74) is 0.0213. The zero-order chi connectivity index (χ0) is 14.7. The number of amides is 1. The Balaban J connectivity index is 2.23. The second-order valence-corrected chi connectivity index (χ2v) is 4.93. The van der Waals surface area contributed by atoms with Crippen molar-refractivity contribution >= 4 is 11.6 Å². The topological polar surface area (TPSA) is 83.7 Å². The van der Waals surface area contributed by atoms with Gasteiger partial charge in [-0.2, -0.15) is 0 Å². The summed E-state index contributed by atoms with van der Waals surface area (Å²) in [6.45, 7) is 3.81. The average molecular weight is 275 g/mol. The molecular weight excluding hydrogens is 258 g/mol. The number of carbonyl (C=O) groups excluding carboxylic acids is 1. The van der Waals surface area contributed by atoms with Crippen molar-refractivity contribution in [1.82, 2.24) is 14.7 Å². The maximum Gasteiger partial charge on any atom is 0.270 e. The van der Waals surface area contributed by atoms with E-state index in [2.05, 4.69) is 10.3 Å². The monoisotopic (exact) mass is 275 g/mol. The van der Waals surface area contributed by atoms with Gasteiger partial charge < -0.3 is 10.4 Å². The van der Waals surface area contributed by atoms with Crippen molar-refractivity contribution in [3.8, 4) is 0 Å². The van der Waals surface area contributed by atoms with Crippen molar-refractivity contribution in [2.24, 2.45) is 5.92 Å². The van der Waals surface area contributed by atoms with Gasteiger partial charge in [-0.15, -0.1) is 0 Å². The first-order valence-corrected chi connectivity index (χ1v) is 6.43. The smallest absolute Gasteiger partial charge is 0.270 e. The largest absolute Gasteiger partial charge is 0.391 e. The summed E-state index contributed by atoms with van der Waals surface area (Å²) in [6, 6.07) is 5.15. The molecule has 2 aromatic heterocycles. The Labute approximate surface area is 116 Å². The number of aliphatic hydroxyl groups is 1. The van der Waals surface area contributed by atoms with Gasteiger partial charge in [-0.25, -0.2) is 4.98 Å². The van der Waals surface area contributed by atoms with Gasteiger partial charge in [-0.05, 0) is 18.1 Å². The van der Waals surface area contributed by atoms with Crippen LogP contribution in [-0.4, -0.2) is 33.0 Å². The predicted molar refractivity (Wildman–Crippen MR) is 74.6 cm³/mol. The maximum absolute atomic E-state index is 12.1. The zero-order valence-electron chi connectivity index (χ0n) is 11.4. The fourth-order valence-corrected chi connectivity index (χ4v) is 1.71. The first-order valence-electron chi connectivity index (χ1n) is 6.43. The molecule has 1 amide bonds. The molecule has 6 heteroatoms. The van der Waals surface area contributed by atoms with Crippen LogP contribution in [0.3, 0.4) is 0 Å². The van der Waals surface area contributed by atoms with E-state index in [0.717, 1.165) is 0 Å². The number of nitrogens with one attached hydrogen (secondary N) is 1. The first kappa shape index (κ1) is 14.2. The van der Waals surface area contributed by atoms with Crippen LogP contribution in [0.15, 0.2) is 35.4 Å². The van der Waals surface area contributed by atoms with Crippen LogP contribution in [0.25, 0.3) is 5.65 Å². The van der Waals surface area contributed by atoms with E-state index >= 15 is 0 Å². The van der Waals surface area contributed by atoms with E-state index in [1.165, 1.54) is 10.6 Å². The summed E-state index contributed by atoms with van der Waals surface area (Å²) in [4.78, 5) is 28.2. The van der Waals surface area contributed by atoms with Gasteiger partial charge in [0.1, 0.15) is 11.2 Å². The van der Waals surface area contributed by atoms with Crippen molar-refractivity contribution in [2.75, 3.05) is 6.54 Å². The van der Waals surface area contributed by atoms with Crippen LogP contribution >= 0.6 is 0 Å². The number of rotatable bonds is 4. The molecule has 2 aromatic rings. The predicted octanol–water partition coefficient (Wildman–Crippen LogP) is 0.441. The van der Waals surface area contributed by atoms with Crippen LogP contribution in [0, 0.1) is 5.92 Å². The molecule has 0 aliphatic rings. The Morgan fingerprint density at radius 2 is 2.20 bits per heavy atom. The molecule has 20 heavy (non-hydrogen) atoms. The quantitative estimate of drug-likeness (QED) is 0.848. The number of nitrogens with zero attached hydrogens (tertiary/aromatic N) is 2. The highest BCUT2D eigenvalue weighted by molar-refractivity contribution is 5.93. The molecule has 1 atom stereocenters. The number of aliphatic hydroxyl groups excluding tert-OH is 1. The van der Waals surface area contributed by atoms with Crippen molar-refractivity contribution in [3.05, 3.63) is 46.5 Å². The second-order valence-electron chi connectivity index (χ2n) is 4.93. The van der Waals surface area contributed by atoms with E-state index in [1.54, 1.807) is 24.4 Å². The minimum absolute atomic E-state index is 0.0334. The van der Waals surface area contributed by atoms with E-state index in [4.69, 9.17) is 0 Å². The summed E-state index contributed by atoms with van der Waals surface area (Å²) in [5.74, 6) is -0.494. The normalized spacial score (nSPS) is 12.6. The highest BCUT2D eigenvalue weighted by Gasteiger charge is 2.15. The molecule has 0 saturated heterocycles. The molecule has 0 bridgehead atoms. The lowest BCUT2D eigenvalue weighted by Gasteiger charge is -2.14. The zero-order valence-corrected chi connectivity index (χ0v) is 11.4. The summed E-state index contributed by atoms with van der Waals surface area (Å²) in [6.07, 6.45) is 2.18. The Morgan fingerprint density at radius 3 is 2.90 bits per heavy atom. The second kappa shape index (κ2) is 5.83. The summed E-state index contributed by atoms with van der Waals surface area (Å²) in [5, 5.41) is 12.2. The Morgan fingerprint density at radius 1 is 1.45 bits per heavy atom. The molecule has 2 rings (SSSR count). The van der Waals surface area contributed by atoms with E-state index in [0.29, 0.717) is 5.65 Å². The van der Waals surface area contributed by atoms with Crippen LogP contribution in [0.2, 0.25) is 0 Å². The molecule has 0 aliphatic heterocycles. The van der Waals surface area contributed by atoms with Gasteiger partial charge in [0.05, 0.1) is 6.10 Å². The number of pyridine rings is 1. The lowest BCUT2D eigenvalue weighted by Crippen LogP contribution is -2.37. The van der Waals surface area contributed by atoms with Gasteiger partial charge in [0.2, 0.25) is 0 Å². The van der Waals surface area contributed by atoms with E-state index < -0.39 is 17.6 Å². The maximum atomic E-state index is 12.1. The highest BCUT2D eigenvalue weighted by Crippen LogP contribution is 2.00. The number of hydrogen-bond donors (Lipinski definition) is 2. The fraction of sp³-hybridized carbons (Fsp3) is 0.357. The molecular formula is C14H17N3O3. The third kappa shape index (κ3) is 2.85. The van der Waals surface area contributed by atoms with Crippen LogP contribution in [0.5, 0.6) is 0 Å². The van der Waals surface area contributed by atoms with Gasteiger partial charge in [-0.3, -0.25) is 14.0 Å². The average Bonchev–Trinajstić information content (AvgIpc) is 2.45. The minimum Gasteiger partial charge on any atom is -0.391 e. The molecule has 106 valence electrons. The third-order valence-corrected chi connectivity index (χ3v) is 3.10. The molecule has 1 unspecified atom stereocenters. The summed E-state index contributed by atoms with van der Waals surface area (Å²) >= 11 is 0. The van der Waals surface area contributed by atoms with E-state index in [9.17, 15) is 14.7 Å². The Bertz CT molecular complexity index is 679. The lowest BCUT2D eigenvalue weighted by atomic mass is 10.1. The van der Waals surface area contributed by atoms with E-state index in [-0.39, 0.29) is 18.0 Å².